The summed E-state index contributed by atoms with van der Waals surface area (Å²) in [6.45, 7) is 4.80. The molecule has 3 heteroatoms. The van der Waals surface area contributed by atoms with Crippen LogP contribution in [0.25, 0.3) is 0 Å². The molecular formula is C10H18N2O. The van der Waals surface area contributed by atoms with Crippen molar-refractivity contribution in [2.24, 2.45) is 11.1 Å². The van der Waals surface area contributed by atoms with Crippen LogP contribution in [-0.4, -0.2) is 29.4 Å². The van der Waals surface area contributed by atoms with E-state index < -0.39 is 0 Å². The highest BCUT2D eigenvalue weighted by Crippen LogP contribution is 2.36. The molecule has 2 fully saturated rings. The molecular weight excluding hydrogens is 164 g/mol. The van der Waals surface area contributed by atoms with E-state index in [2.05, 4.69) is 0 Å². The van der Waals surface area contributed by atoms with Crippen LogP contribution in [0.3, 0.4) is 0 Å². The van der Waals surface area contributed by atoms with Gasteiger partial charge in [-0.2, -0.15) is 0 Å². The van der Waals surface area contributed by atoms with Crippen molar-refractivity contribution in [3.05, 3.63) is 0 Å². The molecule has 1 atom stereocenters. The minimum atomic E-state index is -0.346. The van der Waals surface area contributed by atoms with E-state index >= 15 is 0 Å². The number of nitrogens with two attached hydrogens (primary N) is 1. The first kappa shape index (κ1) is 9.00. The molecule has 13 heavy (non-hydrogen) atoms. The van der Waals surface area contributed by atoms with Gasteiger partial charge in [0.2, 0.25) is 5.91 Å². The molecule has 0 radical (unpaired) electrons. The quantitative estimate of drug-likeness (QED) is 0.650. The minimum Gasteiger partial charge on any atom is -0.339 e. The maximum atomic E-state index is 12.0. The van der Waals surface area contributed by atoms with Gasteiger partial charge in [-0.3, -0.25) is 4.79 Å². The highest BCUT2D eigenvalue weighted by Gasteiger charge is 2.45. The third-order valence-electron chi connectivity index (χ3n) is 3.41. The van der Waals surface area contributed by atoms with Crippen LogP contribution in [0.2, 0.25) is 0 Å². The Kier molecular flexibility index (Phi) is 1.88. The third-order valence-corrected chi connectivity index (χ3v) is 3.41. The van der Waals surface area contributed by atoms with E-state index in [0.29, 0.717) is 6.04 Å². The Labute approximate surface area is 79.3 Å². The number of carbonyl (C=O) groups is 1. The second-order valence-electron chi connectivity index (χ2n) is 4.85. The summed E-state index contributed by atoms with van der Waals surface area (Å²) >= 11 is 0. The molecule has 1 aliphatic heterocycles. The molecule has 0 aromatic heterocycles. The largest absolute Gasteiger partial charge is 0.339 e. The smallest absolute Gasteiger partial charge is 0.230 e. The lowest BCUT2D eigenvalue weighted by Gasteiger charge is -2.41. The number of carbonyl (C=O) groups excluding carboxylic acids is 1. The normalized spacial score (nSPS) is 33.6. The number of nitrogens with zero attached hydrogens (tertiary/aromatic N) is 1. The number of hydrogen-bond donors (Lipinski definition) is 1. The summed E-state index contributed by atoms with van der Waals surface area (Å²) in [4.78, 5) is 14.0. The van der Waals surface area contributed by atoms with Gasteiger partial charge in [0.1, 0.15) is 0 Å². The van der Waals surface area contributed by atoms with Gasteiger partial charge in [-0.05, 0) is 33.1 Å². The van der Waals surface area contributed by atoms with E-state index in [-0.39, 0.29) is 17.4 Å². The predicted octanol–water partition coefficient (Wildman–Crippen LogP) is 0.735. The van der Waals surface area contributed by atoms with E-state index in [1.54, 1.807) is 0 Å². The fourth-order valence-electron chi connectivity index (χ4n) is 2.00. The Hall–Kier alpha value is -0.570. The van der Waals surface area contributed by atoms with Crippen molar-refractivity contribution in [2.45, 2.75) is 45.2 Å². The van der Waals surface area contributed by atoms with E-state index in [1.165, 1.54) is 12.8 Å². The SMILES string of the molecule is CC1(C)C(=O)N(C2CC2)CCC1N. The van der Waals surface area contributed by atoms with E-state index in [4.69, 9.17) is 5.73 Å². The van der Waals surface area contributed by atoms with Crippen LogP contribution in [0.5, 0.6) is 0 Å². The van der Waals surface area contributed by atoms with Crippen LogP contribution < -0.4 is 5.73 Å². The van der Waals surface area contributed by atoms with Gasteiger partial charge in [0, 0.05) is 18.6 Å². The second-order valence-corrected chi connectivity index (χ2v) is 4.85. The Bertz CT molecular complexity index is 233. The zero-order valence-corrected chi connectivity index (χ0v) is 8.42. The van der Waals surface area contributed by atoms with Crippen LogP contribution in [0.15, 0.2) is 0 Å². The Morgan fingerprint density at radius 3 is 2.54 bits per heavy atom. The number of hydrogen-bond acceptors (Lipinski definition) is 2. The molecule has 1 heterocycles. The molecule has 1 amide bonds. The van der Waals surface area contributed by atoms with Crippen LogP contribution in [-0.2, 0) is 4.79 Å². The van der Waals surface area contributed by atoms with Gasteiger partial charge in [0.05, 0.1) is 5.41 Å². The standard InChI is InChI=1S/C10H18N2O/c1-10(2)8(11)5-6-12(9(10)13)7-3-4-7/h7-8H,3-6,11H2,1-2H3. The first-order chi connectivity index (χ1) is 6.03. The maximum absolute atomic E-state index is 12.0. The molecule has 1 saturated carbocycles. The van der Waals surface area contributed by atoms with Gasteiger partial charge in [-0.1, -0.05) is 0 Å². The molecule has 1 unspecified atom stereocenters. The number of amides is 1. The molecule has 0 bridgehead atoms. The van der Waals surface area contributed by atoms with Crippen molar-refractivity contribution in [3.8, 4) is 0 Å². The Morgan fingerprint density at radius 1 is 1.38 bits per heavy atom. The Balaban J connectivity index is 2.14. The van der Waals surface area contributed by atoms with Crippen LogP contribution in [0.4, 0.5) is 0 Å². The van der Waals surface area contributed by atoms with Gasteiger partial charge < -0.3 is 10.6 Å². The molecule has 1 aliphatic carbocycles. The number of likely N-dealkylation sites (tertiary alicyclic amines) is 1. The summed E-state index contributed by atoms with van der Waals surface area (Å²) < 4.78 is 0. The van der Waals surface area contributed by atoms with E-state index in [0.717, 1.165) is 13.0 Å². The second kappa shape index (κ2) is 2.71. The summed E-state index contributed by atoms with van der Waals surface area (Å²) in [5, 5.41) is 0. The van der Waals surface area contributed by atoms with Gasteiger partial charge in [0.15, 0.2) is 0 Å². The van der Waals surface area contributed by atoms with Crippen molar-refractivity contribution in [3.63, 3.8) is 0 Å². The fourth-order valence-corrected chi connectivity index (χ4v) is 2.00. The number of piperidine rings is 1. The lowest BCUT2D eigenvalue weighted by molar-refractivity contribution is -0.146. The number of rotatable bonds is 1. The van der Waals surface area contributed by atoms with Crippen molar-refractivity contribution in [2.75, 3.05) is 6.54 Å². The molecule has 74 valence electrons. The van der Waals surface area contributed by atoms with Crippen LogP contribution >= 0.6 is 0 Å². The average Bonchev–Trinajstić information content (AvgIpc) is 2.85. The molecule has 2 N–H and O–H groups in total. The van der Waals surface area contributed by atoms with Crippen LogP contribution in [0, 0.1) is 5.41 Å². The van der Waals surface area contributed by atoms with E-state index in [1.807, 2.05) is 18.7 Å². The third kappa shape index (κ3) is 1.35. The summed E-state index contributed by atoms with van der Waals surface area (Å²) in [5.41, 5.74) is 5.59. The highest BCUT2D eigenvalue weighted by molar-refractivity contribution is 5.84. The minimum absolute atomic E-state index is 0.0370. The van der Waals surface area contributed by atoms with Crippen molar-refractivity contribution in [1.29, 1.82) is 0 Å². The van der Waals surface area contributed by atoms with Crippen molar-refractivity contribution in [1.82, 2.24) is 4.90 Å². The summed E-state index contributed by atoms with van der Waals surface area (Å²) in [5.74, 6) is 0.258. The molecule has 2 aliphatic rings. The van der Waals surface area contributed by atoms with Crippen LogP contribution in [0.1, 0.15) is 33.1 Å². The van der Waals surface area contributed by atoms with Gasteiger partial charge >= 0.3 is 0 Å². The summed E-state index contributed by atoms with van der Waals surface area (Å²) in [6.07, 6.45) is 3.34. The average molecular weight is 182 g/mol. The first-order valence-corrected chi connectivity index (χ1v) is 5.10. The molecule has 3 nitrogen and oxygen atoms in total. The van der Waals surface area contributed by atoms with E-state index in [9.17, 15) is 4.79 Å². The fraction of sp³-hybridized carbons (Fsp3) is 0.900. The maximum Gasteiger partial charge on any atom is 0.230 e. The van der Waals surface area contributed by atoms with Gasteiger partial charge in [-0.25, -0.2) is 0 Å². The molecule has 2 rings (SSSR count). The van der Waals surface area contributed by atoms with Crippen molar-refractivity contribution < 1.29 is 4.79 Å². The topological polar surface area (TPSA) is 46.3 Å². The monoisotopic (exact) mass is 182 g/mol. The van der Waals surface area contributed by atoms with Gasteiger partial charge in [0.25, 0.3) is 0 Å². The predicted molar refractivity (Wildman–Crippen MR) is 51.1 cm³/mol. The molecule has 0 aromatic rings. The summed E-state index contributed by atoms with van der Waals surface area (Å²) in [7, 11) is 0. The highest BCUT2D eigenvalue weighted by atomic mass is 16.2. The first-order valence-electron chi connectivity index (χ1n) is 5.10. The molecule has 0 spiro atoms. The molecule has 0 aromatic carbocycles. The van der Waals surface area contributed by atoms with Gasteiger partial charge in [-0.15, -0.1) is 0 Å². The van der Waals surface area contributed by atoms with Crippen molar-refractivity contribution >= 4 is 5.91 Å². The lowest BCUT2D eigenvalue weighted by atomic mass is 9.79. The Morgan fingerprint density at radius 2 is 2.00 bits per heavy atom. The zero-order chi connectivity index (χ0) is 9.64. The molecule has 1 saturated heterocycles. The zero-order valence-electron chi connectivity index (χ0n) is 8.42. The lowest BCUT2D eigenvalue weighted by Crippen LogP contribution is -2.57. The summed E-state index contributed by atoms with van der Waals surface area (Å²) in [6, 6.07) is 0.578.